The quantitative estimate of drug-likeness (QED) is 0.806. The Morgan fingerprint density at radius 1 is 1.11 bits per heavy atom. The molecule has 0 bridgehead atoms. The van der Waals surface area contributed by atoms with Gasteiger partial charge in [0.15, 0.2) is 0 Å². The Morgan fingerprint density at radius 3 is 2.47 bits per heavy atom. The molecule has 1 nitrogen and oxygen atoms in total. The summed E-state index contributed by atoms with van der Waals surface area (Å²) in [5.41, 5.74) is 3.18. The Hall–Kier alpha value is -1.38. The summed E-state index contributed by atoms with van der Waals surface area (Å²) in [7, 11) is -1.05. The molecule has 0 saturated carbocycles. The molecular formula is C16H15ClOS. The van der Waals surface area contributed by atoms with E-state index in [1.54, 1.807) is 5.41 Å². The number of halogens is 1. The van der Waals surface area contributed by atoms with E-state index in [1.807, 2.05) is 61.5 Å². The van der Waals surface area contributed by atoms with E-state index in [0.29, 0.717) is 10.8 Å². The summed E-state index contributed by atoms with van der Waals surface area (Å²) >= 11 is 6.04. The molecule has 0 spiro atoms. The molecule has 0 heterocycles. The van der Waals surface area contributed by atoms with E-state index in [-0.39, 0.29) is 0 Å². The number of rotatable bonds is 4. The van der Waals surface area contributed by atoms with Crippen LogP contribution in [0.1, 0.15) is 16.7 Å². The highest BCUT2D eigenvalue weighted by Gasteiger charge is 2.02. The van der Waals surface area contributed by atoms with Crippen LogP contribution in [0, 0.1) is 6.92 Å². The highest BCUT2D eigenvalue weighted by atomic mass is 35.5. The smallest absolute Gasteiger partial charge is 0.0541 e. The van der Waals surface area contributed by atoms with Gasteiger partial charge in [0.05, 0.1) is 16.6 Å². The highest BCUT2D eigenvalue weighted by molar-refractivity contribution is 7.87. The number of benzene rings is 2. The van der Waals surface area contributed by atoms with Crippen LogP contribution in [-0.2, 0) is 16.6 Å². The molecule has 0 radical (unpaired) electrons. The summed E-state index contributed by atoms with van der Waals surface area (Å²) in [6.45, 7) is 2.04. The molecule has 0 aliphatic carbocycles. The Labute approximate surface area is 121 Å². The summed E-state index contributed by atoms with van der Waals surface area (Å²) in [5, 5.41) is 2.38. The maximum absolute atomic E-state index is 12.0. The average Bonchev–Trinajstić information content (AvgIpc) is 2.41. The van der Waals surface area contributed by atoms with Crippen molar-refractivity contribution in [2.24, 2.45) is 0 Å². The third kappa shape index (κ3) is 4.34. The second-order valence-corrected chi connectivity index (χ2v) is 6.06. The third-order valence-corrected chi connectivity index (χ3v) is 4.15. The third-order valence-electron chi connectivity index (χ3n) is 2.75. The summed E-state index contributed by atoms with van der Waals surface area (Å²) in [6, 6.07) is 15.6. The largest absolute Gasteiger partial charge is 0.255 e. The van der Waals surface area contributed by atoms with Gasteiger partial charge in [-0.25, -0.2) is 0 Å². The first-order valence-corrected chi connectivity index (χ1v) is 7.76. The molecule has 2 rings (SSSR count). The first kappa shape index (κ1) is 14.0. The van der Waals surface area contributed by atoms with Crippen molar-refractivity contribution in [2.75, 3.05) is 0 Å². The van der Waals surface area contributed by atoms with Gasteiger partial charge in [-0.1, -0.05) is 59.6 Å². The maximum atomic E-state index is 12.0. The first-order chi connectivity index (χ1) is 9.15. The van der Waals surface area contributed by atoms with E-state index in [4.69, 9.17) is 11.6 Å². The highest BCUT2D eigenvalue weighted by Crippen LogP contribution is 2.17. The van der Waals surface area contributed by atoms with Crippen LogP contribution in [0.3, 0.4) is 0 Å². The predicted molar refractivity (Wildman–Crippen MR) is 83.5 cm³/mol. The molecule has 3 heteroatoms. The van der Waals surface area contributed by atoms with Crippen molar-refractivity contribution in [3.8, 4) is 0 Å². The van der Waals surface area contributed by atoms with Gasteiger partial charge in [-0.2, -0.15) is 0 Å². The van der Waals surface area contributed by atoms with E-state index < -0.39 is 10.8 Å². The van der Waals surface area contributed by atoms with E-state index in [9.17, 15) is 4.21 Å². The molecular weight excluding hydrogens is 276 g/mol. The number of hydrogen-bond donors (Lipinski definition) is 0. The molecule has 0 aromatic heterocycles. The van der Waals surface area contributed by atoms with Crippen molar-refractivity contribution in [3.63, 3.8) is 0 Å². The molecule has 1 atom stereocenters. The van der Waals surface area contributed by atoms with Crippen molar-refractivity contribution in [2.45, 2.75) is 12.7 Å². The Bertz CT molecular complexity index is 602. The topological polar surface area (TPSA) is 17.1 Å². The monoisotopic (exact) mass is 290 g/mol. The zero-order valence-electron chi connectivity index (χ0n) is 10.7. The van der Waals surface area contributed by atoms with Crippen molar-refractivity contribution >= 4 is 28.5 Å². The molecule has 98 valence electrons. The Kier molecular flexibility index (Phi) is 4.94. The number of aryl methyl sites for hydroxylation is 1. The molecule has 2 aromatic carbocycles. The molecule has 0 amide bonds. The lowest BCUT2D eigenvalue weighted by Crippen LogP contribution is -1.92. The van der Waals surface area contributed by atoms with Crippen LogP contribution in [0.4, 0.5) is 0 Å². The van der Waals surface area contributed by atoms with Gasteiger partial charge in [0.1, 0.15) is 0 Å². The lowest BCUT2D eigenvalue weighted by Gasteiger charge is -2.01. The zero-order valence-corrected chi connectivity index (χ0v) is 12.2. The molecule has 19 heavy (non-hydrogen) atoms. The fraction of sp³-hybridized carbons (Fsp3) is 0.125. The molecule has 0 aliphatic rings. The molecule has 0 saturated heterocycles. The standard InChI is InChI=1S/C16H15ClOS/c1-13-6-8-14(9-7-13)10-11-19(18)12-15-4-2-3-5-16(15)17/h2-11H,12H2,1H3/b11-10-. The second-order valence-electron chi connectivity index (χ2n) is 4.33. The van der Waals surface area contributed by atoms with Crippen LogP contribution in [0.25, 0.3) is 6.08 Å². The van der Waals surface area contributed by atoms with Gasteiger partial charge in [-0.3, -0.25) is 4.21 Å². The Morgan fingerprint density at radius 2 is 1.79 bits per heavy atom. The normalized spacial score (nSPS) is 12.7. The predicted octanol–water partition coefficient (Wildman–Crippen LogP) is 4.57. The van der Waals surface area contributed by atoms with Crippen LogP contribution in [0.5, 0.6) is 0 Å². The minimum Gasteiger partial charge on any atom is -0.255 e. The van der Waals surface area contributed by atoms with Crippen molar-refractivity contribution in [1.82, 2.24) is 0 Å². The fourth-order valence-corrected chi connectivity index (χ4v) is 2.89. The molecule has 0 aliphatic heterocycles. The van der Waals surface area contributed by atoms with Gasteiger partial charge in [0, 0.05) is 10.4 Å². The van der Waals surface area contributed by atoms with Gasteiger partial charge in [0.25, 0.3) is 0 Å². The fourth-order valence-electron chi connectivity index (χ4n) is 1.65. The maximum Gasteiger partial charge on any atom is 0.0541 e. The first-order valence-electron chi connectivity index (χ1n) is 6.00. The molecule has 0 N–H and O–H groups in total. The van der Waals surface area contributed by atoms with Crippen LogP contribution in [-0.4, -0.2) is 4.21 Å². The zero-order chi connectivity index (χ0) is 13.7. The van der Waals surface area contributed by atoms with E-state index in [1.165, 1.54) is 5.56 Å². The lowest BCUT2D eigenvalue weighted by molar-refractivity contribution is 0.688. The van der Waals surface area contributed by atoms with E-state index in [2.05, 4.69) is 0 Å². The summed E-state index contributed by atoms with van der Waals surface area (Å²) in [5.74, 6) is 0.446. The van der Waals surface area contributed by atoms with Gasteiger partial charge in [-0.15, -0.1) is 0 Å². The molecule has 2 aromatic rings. The van der Waals surface area contributed by atoms with E-state index >= 15 is 0 Å². The van der Waals surface area contributed by atoms with Gasteiger partial charge in [0.2, 0.25) is 0 Å². The van der Waals surface area contributed by atoms with Gasteiger partial charge >= 0.3 is 0 Å². The number of hydrogen-bond acceptors (Lipinski definition) is 1. The summed E-state index contributed by atoms with van der Waals surface area (Å²) in [4.78, 5) is 0. The van der Waals surface area contributed by atoms with Crippen LogP contribution in [0.15, 0.2) is 53.9 Å². The van der Waals surface area contributed by atoms with Crippen LogP contribution in [0.2, 0.25) is 5.02 Å². The average molecular weight is 291 g/mol. The SMILES string of the molecule is Cc1ccc(/C=C\S(=O)Cc2ccccc2Cl)cc1. The Balaban J connectivity index is 2.02. The minimum atomic E-state index is -1.05. The van der Waals surface area contributed by atoms with Crippen molar-refractivity contribution < 1.29 is 4.21 Å². The lowest BCUT2D eigenvalue weighted by atomic mass is 10.2. The van der Waals surface area contributed by atoms with Gasteiger partial charge < -0.3 is 0 Å². The second kappa shape index (κ2) is 6.69. The molecule has 0 fully saturated rings. The summed E-state index contributed by atoms with van der Waals surface area (Å²) < 4.78 is 12.0. The van der Waals surface area contributed by atoms with Crippen LogP contribution < -0.4 is 0 Å². The minimum absolute atomic E-state index is 0.446. The van der Waals surface area contributed by atoms with Crippen molar-refractivity contribution in [3.05, 3.63) is 75.7 Å². The summed E-state index contributed by atoms with van der Waals surface area (Å²) in [6.07, 6.45) is 1.88. The van der Waals surface area contributed by atoms with E-state index in [0.717, 1.165) is 11.1 Å². The van der Waals surface area contributed by atoms with Gasteiger partial charge in [-0.05, 0) is 30.2 Å². The van der Waals surface area contributed by atoms with Crippen molar-refractivity contribution in [1.29, 1.82) is 0 Å². The molecule has 1 unspecified atom stereocenters. The van der Waals surface area contributed by atoms with Crippen LogP contribution >= 0.6 is 11.6 Å².